The Kier molecular flexibility index (Phi) is 5.30. The number of urea groups is 1. The monoisotopic (exact) mass is 406 g/mol. The number of carbonyl (C=O) groups excluding carboxylic acids is 1. The van der Waals surface area contributed by atoms with Crippen LogP contribution in [-0.4, -0.2) is 39.9 Å². The van der Waals surface area contributed by atoms with Gasteiger partial charge in [-0.15, -0.1) is 10.2 Å². The highest BCUT2D eigenvalue weighted by molar-refractivity contribution is 7.22. The number of ether oxygens (including phenoxy) is 1. The molecule has 0 radical (unpaired) electrons. The maximum absolute atomic E-state index is 11.9. The number of pyridine rings is 1. The number of fused-ring (bicyclic) bond motifs is 1. The van der Waals surface area contributed by atoms with Gasteiger partial charge in [0.25, 0.3) is 0 Å². The van der Waals surface area contributed by atoms with Crippen LogP contribution in [0.4, 0.5) is 9.93 Å². The maximum atomic E-state index is 11.9. The van der Waals surface area contributed by atoms with Crippen LogP contribution in [0.3, 0.4) is 0 Å². The van der Waals surface area contributed by atoms with Crippen molar-refractivity contribution in [2.45, 2.75) is 6.92 Å². The molecule has 0 spiro atoms. The standard InChI is InChI=1S/C20H18N6O2S/c1-3-22-19(27)24-20-23-16-10-13(12-5-4-8-21-11-12)9-14(18(16)29-20)15-6-7-17(28-2)26-25-15/h4-11H,3H2,1-2H3,(H2,22,23,24,27). The third-order valence-corrected chi connectivity index (χ3v) is 5.19. The predicted octanol–water partition coefficient (Wildman–Crippen LogP) is 3.97. The van der Waals surface area contributed by atoms with Crippen molar-refractivity contribution >= 4 is 32.7 Å². The van der Waals surface area contributed by atoms with Gasteiger partial charge in [-0.25, -0.2) is 9.78 Å². The van der Waals surface area contributed by atoms with Crippen LogP contribution in [0.25, 0.3) is 32.6 Å². The van der Waals surface area contributed by atoms with Crippen molar-refractivity contribution in [2.24, 2.45) is 0 Å². The number of amides is 2. The second kappa shape index (κ2) is 8.19. The number of hydrogen-bond acceptors (Lipinski definition) is 7. The molecule has 3 heterocycles. The molecule has 0 atom stereocenters. The summed E-state index contributed by atoms with van der Waals surface area (Å²) >= 11 is 1.39. The minimum absolute atomic E-state index is 0.287. The third kappa shape index (κ3) is 3.99. The Morgan fingerprint density at radius 3 is 2.76 bits per heavy atom. The van der Waals surface area contributed by atoms with Crippen molar-refractivity contribution in [3.8, 4) is 28.3 Å². The molecule has 2 N–H and O–H groups in total. The molecule has 0 fully saturated rings. The molecule has 0 saturated carbocycles. The first-order valence-electron chi connectivity index (χ1n) is 8.96. The van der Waals surface area contributed by atoms with Crippen LogP contribution in [-0.2, 0) is 0 Å². The normalized spacial score (nSPS) is 10.7. The van der Waals surface area contributed by atoms with E-state index in [9.17, 15) is 4.79 Å². The summed E-state index contributed by atoms with van der Waals surface area (Å²) in [5, 5.41) is 14.4. The van der Waals surface area contributed by atoms with Crippen molar-refractivity contribution in [3.05, 3.63) is 48.8 Å². The van der Waals surface area contributed by atoms with Gasteiger partial charge in [0.15, 0.2) is 5.13 Å². The van der Waals surface area contributed by atoms with Crippen LogP contribution in [0.5, 0.6) is 5.88 Å². The molecule has 0 aliphatic rings. The average Bonchev–Trinajstić information content (AvgIpc) is 3.16. The SMILES string of the molecule is CCNC(=O)Nc1nc2cc(-c3cccnc3)cc(-c3ccc(OC)nn3)c2s1. The Labute approximate surface area is 171 Å². The summed E-state index contributed by atoms with van der Waals surface area (Å²) in [4.78, 5) is 20.7. The van der Waals surface area contributed by atoms with Gasteiger partial charge >= 0.3 is 6.03 Å². The molecule has 8 nitrogen and oxygen atoms in total. The Morgan fingerprint density at radius 2 is 2.07 bits per heavy atom. The van der Waals surface area contributed by atoms with Gasteiger partial charge in [-0.05, 0) is 36.8 Å². The van der Waals surface area contributed by atoms with E-state index < -0.39 is 0 Å². The number of nitrogens with one attached hydrogen (secondary N) is 2. The molecule has 29 heavy (non-hydrogen) atoms. The molecule has 0 saturated heterocycles. The van der Waals surface area contributed by atoms with Crippen molar-refractivity contribution < 1.29 is 9.53 Å². The van der Waals surface area contributed by atoms with Gasteiger partial charge in [-0.1, -0.05) is 17.4 Å². The summed E-state index contributed by atoms with van der Waals surface area (Å²) in [7, 11) is 1.55. The van der Waals surface area contributed by atoms with Gasteiger partial charge in [0.2, 0.25) is 5.88 Å². The van der Waals surface area contributed by atoms with Gasteiger partial charge in [0.1, 0.15) is 0 Å². The van der Waals surface area contributed by atoms with E-state index in [2.05, 4.69) is 30.8 Å². The van der Waals surface area contributed by atoms with Crippen molar-refractivity contribution in [1.82, 2.24) is 25.5 Å². The number of thiazole rings is 1. The van der Waals surface area contributed by atoms with Crippen molar-refractivity contribution in [3.63, 3.8) is 0 Å². The van der Waals surface area contributed by atoms with E-state index in [0.29, 0.717) is 23.3 Å². The highest BCUT2D eigenvalue weighted by atomic mass is 32.1. The third-order valence-electron chi connectivity index (χ3n) is 4.17. The molecule has 4 rings (SSSR count). The van der Waals surface area contributed by atoms with Gasteiger partial charge in [-0.3, -0.25) is 10.3 Å². The summed E-state index contributed by atoms with van der Waals surface area (Å²) in [5.41, 5.74) is 4.24. The van der Waals surface area contributed by atoms with Gasteiger partial charge in [-0.2, -0.15) is 0 Å². The minimum Gasteiger partial charge on any atom is -0.480 e. The molecule has 0 bridgehead atoms. The molecule has 3 aromatic heterocycles. The predicted molar refractivity (Wildman–Crippen MR) is 113 cm³/mol. The highest BCUT2D eigenvalue weighted by Crippen LogP contribution is 2.38. The van der Waals surface area contributed by atoms with Gasteiger partial charge in [0, 0.05) is 36.1 Å². The number of methoxy groups -OCH3 is 1. The summed E-state index contributed by atoms with van der Waals surface area (Å²) in [5.74, 6) is 0.441. The number of carbonyl (C=O) groups is 1. The highest BCUT2D eigenvalue weighted by Gasteiger charge is 2.15. The maximum Gasteiger partial charge on any atom is 0.321 e. The molecule has 0 aliphatic heterocycles. The van der Waals surface area contributed by atoms with Crippen LogP contribution in [0, 0.1) is 0 Å². The van der Waals surface area contributed by atoms with E-state index in [4.69, 9.17) is 4.74 Å². The zero-order chi connectivity index (χ0) is 20.2. The molecule has 2 amide bonds. The number of aromatic nitrogens is 4. The lowest BCUT2D eigenvalue weighted by Crippen LogP contribution is -2.28. The summed E-state index contributed by atoms with van der Waals surface area (Å²) in [6.45, 7) is 2.40. The molecule has 9 heteroatoms. The molecule has 146 valence electrons. The average molecular weight is 406 g/mol. The molecule has 4 aromatic rings. The molecule has 0 unspecified atom stereocenters. The Hall–Kier alpha value is -3.59. The molecular formula is C20H18N6O2S. The summed E-state index contributed by atoms with van der Waals surface area (Å²) in [6, 6.07) is 11.2. The van der Waals surface area contributed by atoms with Crippen LogP contribution in [0.2, 0.25) is 0 Å². The fraction of sp³-hybridized carbons (Fsp3) is 0.150. The largest absolute Gasteiger partial charge is 0.480 e. The number of nitrogens with zero attached hydrogens (tertiary/aromatic N) is 4. The van der Waals surface area contributed by atoms with E-state index in [1.807, 2.05) is 37.3 Å². The Morgan fingerprint density at radius 1 is 1.17 bits per heavy atom. The second-order valence-corrected chi connectivity index (χ2v) is 7.08. The van der Waals surface area contributed by atoms with Crippen molar-refractivity contribution in [1.29, 1.82) is 0 Å². The molecule has 0 aliphatic carbocycles. The quantitative estimate of drug-likeness (QED) is 0.520. The van der Waals surface area contributed by atoms with E-state index in [1.54, 1.807) is 25.6 Å². The van der Waals surface area contributed by atoms with Crippen molar-refractivity contribution in [2.75, 3.05) is 19.0 Å². The zero-order valence-corrected chi connectivity index (χ0v) is 16.7. The lowest BCUT2D eigenvalue weighted by molar-refractivity contribution is 0.252. The van der Waals surface area contributed by atoms with Crippen LogP contribution >= 0.6 is 11.3 Å². The molecular weight excluding hydrogens is 388 g/mol. The topological polar surface area (TPSA) is 102 Å². The van der Waals surface area contributed by atoms with Crippen LogP contribution < -0.4 is 15.4 Å². The van der Waals surface area contributed by atoms with E-state index in [0.717, 1.165) is 26.9 Å². The number of rotatable bonds is 5. The number of anilines is 1. The number of benzene rings is 1. The number of hydrogen-bond donors (Lipinski definition) is 2. The van der Waals surface area contributed by atoms with E-state index in [-0.39, 0.29) is 6.03 Å². The lowest BCUT2D eigenvalue weighted by Gasteiger charge is -2.07. The first kappa shape index (κ1) is 18.8. The first-order chi connectivity index (χ1) is 14.2. The van der Waals surface area contributed by atoms with E-state index in [1.165, 1.54) is 11.3 Å². The molecule has 1 aromatic carbocycles. The lowest BCUT2D eigenvalue weighted by atomic mass is 10.0. The van der Waals surface area contributed by atoms with E-state index >= 15 is 0 Å². The smallest absolute Gasteiger partial charge is 0.321 e. The summed E-state index contributed by atoms with van der Waals surface area (Å²) in [6.07, 6.45) is 3.53. The van der Waals surface area contributed by atoms with Crippen LogP contribution in [0.15, 0.2) is 48.8 Å². The first-order valence-corrected chi connectivity index (χ1v) is 9.77. The zero-order valence-electron chi connectivity index (χ0n) is 15.8. The second-order valence-electron chi connectivity index (χ2n) is 6.08. The van der Waals surface area contributed by atoms with Gasteiger partial charge < -0.3 is 10.1 Å². The van der Waals surface area contributed by atoms with Crippen LogP contribution in [0.1, 0.15) is 6.92 Å². The fourth-order valence-electron chi connectivity index (χ4n) is 2.85. The Bertz CT molecular complexity index is 1150. The van der Waals surface area contributed by atoms with Gasteiger partial charge in [0.05, 0.1) is 23.0 Å². The Balaban J connectivity index is 1.85. The summed E-state index contributed by atoms with van der Waals surface area (Å²) < 4.78 is 6.02. The minimum atomic E-state index is -0.287. The fourth-order valence-corrected chi connectivity index (χ4v) is 3.81.